The van der Waals surface area contributed by atoms with E-state index in [0.29, 0.717) is 24.7 Å². The predicted octanol–water partition coefficient (Wildman–Crippen LogP) is 6.20. The molecular weight excluding hydrogens is 814 g/mol. The number of H-pyrrole nitrogens is 2. The Morgan fingerprint density at radius 3 is 1.81 bits per heavy atom. The van der Waals surface area contributed by atoms with E-state index in [2.05, 4.69) is 25.3 Å². The fourth-order valence-electron chi connectivity index (χ4n) is 7.88. The Labute approximate surface area is 353 Å². The number of aromatic amines is 2. The third kappa shape index (κ3) is 9.84. The van der Waals surface area contributed by atoms with Crippen LogP contribution in [-0.2, 0) is 19.2 Å². The summed E-state index contributed by atoms with van der Waals surface area (Å²) in [6.07, 6.45) is 2.28. The highest BCUT2D eigenvalue weighted by Gasteiger charge is 2.40. The lowest BCUT2D eigenvalue weighted by molar-refractivity contribution is -0.192. The number of rotatable bonds is 10. The van der Waals surface area contributed by atoms with E-state index < -0.39 is 30.3 Å². The molecule has 0 unspecified atom stereocenters. The normalized spacial score (nSPS) is 17.4. The van der Waals surface area contributed by atoms with E-state index in [0.717, 1.165) is 75.4 Å². The minimum atomic E-state index is -5.08. The number of carbonyl (C=O) groups is 5. The van der Waals surface area contributed by atoms with Gasteiger partial charge in [0.15, 0.2) is 0 Å². The molecule has 4 atom stereocenters. The molecule has 2 aliphatic heterocycles. The minimum Gasteiger partial charge on any atom is -0.475 e. The van der Waals surface area contributed by atoms with Crippen molar-refractivity contribution < 1.29 is 47.4 Å². The number of aliphatic carboxylic acids is 1. The molecule has 2 saturated heterocycles. The molecule has 0 radical (unpaired) electrons. The van der Waals surface area contributed by atoms with Crippen LogP contribution in [0.3, 0.4) is 0 Å². The van der Waals surface area contributed by atoms with Crippen molar-refractivity contribution in [3.05, 3.63) is 72.7 Å². The van der Waals surface area contributed by atoms with Crippen LogP contribution in [0.5, 0.6) is 0 Å². The van der Waals surface area contributed by atoms with Crippen molar-refractivity contribution in [3.63, 3.8) is 0 Å². The van der Waals surface area contributed by atoms with Crippen LogP contribution in [0.1, 0.15) is 77.1 Å². The number of nitrogens with zero attached hydrogens (tertiary/aromatic N) is 7. The van der Waals surface area contributed by atoms with Gasteiger partial charge in [0, 0.05) is 38.2 Å². The number of nitrogens with one attached hydrogen (secondary N) is 3. The maximum absolute atomic E-state index is 13.6. The van der Waals surface area contributed by atoms with Crippen molar-refractivity contribution >= 4 is 40.8 Å². The van der Waals surface area contributed by atoms with Crippen molar-refractivity contribution in [2.24, 2.45) is 5.92 Å². The molecule has 2 aliphatic rings. The maximum Gasteiger partial charge on any atom is 0.490 e. The zero-order chi connectivity index (χ0) is 45.0. The van der Waals surface area contributed by atoms with E-state index in [1.807, 2.05) is 56.3 Å². The molecule has 328 valence electrons. The molecule has 0 spiro atoms. The number of amides is 4. The molecular formula is C42H47F3N10O7. The number of likely N-dealkylation sites (tertiary alicyclic amines) is 2. The summed E-state index contributed by atoms with van der Waals surface area (Å²) < 4.78 is 31.7. The Kier molecular flexibility index (Phi) is 13.3. The summed E-state index contributed by atoms with van der Waals surface area (Å²) in [4.78, 5) is 89.1. The summed E-state index contributed by atoms with van der Waals surface area (Å²) in [6, 6.07) is 12.0. The third-order valence-electron chi connectivity index (χ3n) is 10.9. The molecule has 20 heteroatoms. The Bertz CT molecular complexity index is 2450. The topological polar surface area (TPSA) is 231 Å². The zero-order valence-electron chi connectivity index (χ0n) is 34.6. The largest absolute Gasteiger partial charge is 0.490 e. The van der Waals surface area contributed by atoms with Gasteiger partial charge < -0.3 is 35.3 Å². The molecule has 2 fully saturated rings. The number of carboxylic acid groups (broad SMARTS) is 2. The van der Waals surface area contributed by atoms with Crippen molar-refractivity contribution in [2.45, 2.75) is 83.7 Å². The van der Waals surface area contributed by atoms with E-state index >= 15 is 0 Å². The monoisotopic (exact) mass is 860 g/mol. The number of carboxylic acids is 1. The number of benzene rings is 2. The predicted molar refractivity (Wildman–Crippen MR) is 219 cm³/mol. The lowest BCUT2D eigenvalue weighted by atomic mass is 10.0. The Morgan fingerprint density at radius 1 is 0.774 bits per heavy atom. The zero-order valence-corrected chi connectivity index (χ0v) is 34.6. The van der Waals surface area contributed by atoms with E-state index in [9.17, 15) is 37.5 Å². The molecule has 5 aromatic rings. The van der Waals surface area contributed by atoms with Crippen LogP contribution in [0.15, 0.2) is 61.1 Å². The van der Waals surface area contributed by atoms with Gasteiger partial charge in [-0.05, 0) is 56.2 Å². The lowest BCUT2D eigenvalue weighted by Crippen LogP contribution is -2.51. The van der Waals surface area contributed by atoms with Gasteiger partial charge in [0.25, 0.3) is 0 Å². The first-order chi connectivity index (χ1) is 29.3. The van der Waals surface area contributed by atoms with Crippen molar-refractivity contribution in [1.29, 1.82) is 0 Å². The summed E-state index contributed by atoms with van der Waals surface area (Å²) >= 11 is 0. The molecule has 7 rings (SSSR count). The summed E-state index contributed by atoms with van der Waals surface area (Å²) in [5.41, 5.74) is 6.56. The van der Waals surface area contributed by atoms with E-state index in [1.54, 1.807) is 35.3 Å². The standard InChI is InChI=1S/C40H46N10O5.C2HF3O2/c1-22(2)35(48(5)40(54)55)39(53)50-17-7-9-34(50)37-42-20-31(46-37)26-12-10-25(11-13-26)30-19-41-29-18-27(14-15-28(29)45-30)32-21-43-36(47-32)33-8-6-16-49(33)38(52)23(3)44-24(4)51;3-2(4,5)1(6)7/h10-15,18-23,33-35H,6-9,16-17H2,1-5H3,(H,42,46)(H,43,47)(H,44,51)(H,54,55);(H,6,7)/t23-,33+,34+,35+;/m1./s1. The fourth-order valence-corrected chi connectivity index (χ4v) is 7.88. The summed E-state index contributed by atoms with van der Waals surface area (Å²) in [5.74, 6) is -2.11. The first kappa shape index (κ1) is 44.7. The van der Waals surface area contributed by atoms with Gasteiger partial charge in [-0.1, -0.05) is 44.2 Å². The molecule has 3 aromatic heterocycles. The maximum atomic E-state index is 13.6. The van der Waals surface area contributed by atoms with Crippen LogP contribution < -0.4 is 5.32 Å². The number of alkyl halides is 3. The Morgan fingerprint density at radius 2 is 1.29 bits per heavy atom. The summed E-state index contributed by atoms with van der Waals surface area (Å²) in [6.45, 7) is 7.98. The van der Waals surface area contributed by atoms with E-state index in [4.69, 9.17) is 19.9 Å². The van der Waals surface area contributed by atoms with Gasteiger partial charge in [0.1, 0.15) is 23.7 Å². The van der Waals surface area contributed by atoms with E-state index in [1.165, 1.54) is 14.0 Å². The number of hydrogen-bond acceptors (Lipinski definition) is 9. The van der Waals surface area contributed by atoms with Crippen LogP contribution in [0.25, 0.3) is 44.8 Å². The first-order valence-corrected chi connectivity index (χ1v) is 20.0. The Hall–Kier alpha value is -6.86. The van der Waals surface area contributed by atoms with Crippen LogP contribution in [-0.4, -0.2) is 123 Å². The SMILES string of the molecule is CC(=O)N[C@H](C)C(=O)N1CCC[C@H]1c1ncc(-c2ccc3nc(-c4ccc(-c5cnc([C@@H]6CCCN6C(=O)[C@H](C(C)C)N(C)C(=O)O)[nH]5)cc4)cnc3c2)[nH]1.O=C(O)C(F)(F)F. The summed E-state index contributed by atoms with van der Waals surface area (Å²) in [5, 5.41) is 19.4. The third-order valence-corrected chi connectivity index (χ3v) is 10.9. The van der Waals surface area contributed by atoms with Gasteiger partial charge >= 0.3 is 18.2 Å². The van der Waals surface area contributed by atoms with Gasteiger partial charge in [-0.25, -0.2) is 24.5 Å². The highest BCUT2D eigenvalue weighted by Crippen LogP contribution is 2.35. The lowest BCUT2D eigenvalue weighted by Gasteiger charge is -2.33. The smallest absolute Gasteiger partial charge is 0.475 e. The molecule has 62 heavy (non-hydrogen) atoms. The second kappa shape index (κ2) is 18.4. The minimum absolute atomic E-state index is 0.122. The van der Waals surface area contributed by atoms with Crippen molar-refractivity contribution in [2.75, 3.05) is 20.1 Å². The molecule has 17 nitrogen and oxygen atoms in total. The fraction of sp³-hybridized carbons (Fsp3) is 0.405. The molecule has 2 aromatic carbocycles. The first-order valence-electron chi connectivity index (χ1n) is 20.0. The second-order valence-corrected chi connectivity index (χ2v) is 15.6. The second-order valence-electron chi connectivity index (χ2n) is 15.6. The van der Waals surface area contributed by atoms with Gasteiger partial charge in [-0.3, -0.25) is 24.3 Å². The average molecular weight is 861 g/mol. The molecule has 5 heterocycles. The van der Waals surface area contributed by atoms with Crippen molar-refractivity contribution in [1.82, 2.24) is 49.9 Å². The van der Waals surface area contributed by atoms with Crippen LogP contribution in [0.4, 0.5) is 18.0 Å². The number of halogens is 3. The van der Waals surface area contributed by atoms with Gasteiger partial charge in [-0.2, -0.15) is 13.2 Å². The molecule has 0 saturated carbocycles. The molecule has 5 N–H and O–H groups in total. The highest BCUT2D eigenvalue weighted by atomic mass is 19.4. The molecule has 0 aliphatic carbocycles. The number of fused-ring (bicyclic) bond motifs is 1. The van der Waals surface area contributed by atoms with Gasteiger partial charge in [-0.15, -0.1) is 0 Å². The van der Waals surface area contributed by atoms with E-state index in [-0.39, 0.29) is 35.7 Å². The number of hydrogen-bond donors (Lipinski definition) is 5. The number of carbonyl (C=O) groups excluding carboxylic acids is 3. The van der Waals surface area contributed by atoms with Crippen LogP contribution >= 0.6 is 0 Å². The highest BCUT2D eigenvalue weighted by molar-refractivity contribution is 5.87. The van der Waals surface area contributed by atoms with Gasteiger partial charge in [0.05, 0.1) is 58.8 Å². The Balaban J connectivity index is 0.000000845. The average Bonchev–Trinajstić information content (AvgIpc) is 4.07. The number of imidazole rings is 2. The number of aromatic nitrogens is 6. The van der Waals surface area contributed by atoms with Gasteiger partial charge in [0.2, 0.25) is 17.7 Å². The molecule has 0 bridgehead atoms. The summed E-state index contributed by atoms with van der Waals surface area (Å²) in [7, 11) is 1.44. The molecule has 4 amide bonds. The van der Waals surface area contributed by atoms with Crippen LogP contribution in [0, 0.1) is 5.92 Å². The quantitative estimate of drug-likeness (QED) is 0.106. The van der Waals surface area contributed by atoms with Crippen LogP contribution in [0.2, 0.25) is 0 Å². The van der Waals surface area contributed by atoms with Crippen molar-refractivity contribution in [3.8, 4) is 33.8 Å². The number of likely N-dealkylation sites (N-methyl/N-ethyl adjacent to an activating group) is 1.